The van der Waals surface area contributed by atoms with Crippen LogP contribution in [0, 0.1) is 5.41 Å². The van der Waals surface area contributed by atoms with Crippen molar-refractivity contribution in [1.82, 2.24) is 0 Å². The summed E-state index contributed by atoms with van der Waals surface area (Å²) in [6.07, 6.45) is 7.95. The van der Waals surface area contributed by atoms with Gasteiger partial charge in [0, 0.05) is 6.42 Å². The lowest BCUT2D eigenvalue weighted by molar-refractivity contribution is -0.152. The first-order valence-electron chi connectivity index (χ1n) is 13.7. The van der Waals surface area contributed by atoms with E-state index >= 15 is 0 Å². The second kappa shape index (κ2) is 20.7. The van der Waals surface area contributed by atoms with Crippen molar-refractivity contribution in [2.75, 3.05) is 0 Å². The summed E-state index contributed by atoms with van der Waals surface area (Å²) < 4.78 is -6.99. The third-order valence-corrected chi connectivity index (χ3v) is 12.1. The Morgan fingerprint density at radius 2 is 0.833 bits per heavy atom. The van der Waals surface area contributed by atoms with Crippen molar-refractivity contribution in [3.8, 4) is 0 Å². The van der Waals surface area contributed by atoms with Crippen LogP contribution in [0.1, 0.15) is 109 Å². The largest absolute Gasteiger partial charge is 0.481 e. The number of alkyl halides is 12. The number of rotatable bonds is 23. The van der Waals surface area contributed by atoms with Crippen LogP contribution in [0.25, 0.3) is 0 Å². The van der Waals surface area contributed by atoms with Crippen molar-refractivity contribution in [1.29, 1.82) is 0 Å². The van der Waals surface area contributed by atoms with Gasteiger partial charge in [0.2, 0.25) is 0 Å². The summed E-state index contributed by atoms with van der Waals surface area (Å²) in [4.78, 5) is 24.2. The van der Waals surface area contributed by atoms with E-state index < -0.39 is 44.4 Å². The minimum absolute atomic E-state index is 0.121. The number of carboxylic acid groups (broad SMARTS) is 2. The Morgan fingerprint density at radius 1 is 0.500 bits per heavy atom. The van der Waals surface area contributed by atoms with Gasteiger partial charge in [-0.05, 0) is 51.4 Å². The zero-order valence-electron chi connectivity index (χ0n) is 22.9. The molecule has 0 bridgehead atoms. The van der Waals surface area contributed by atoms with Gasteiger partial charge in [-0.2, -0.15) is 0 Å². The van der Waals surface area contributed by atoms with E-state index in [0.29, 0.717) is 25.7 Å². The molecule has 0 saturated carbocycles. The molecular weight excluding hydrogens is 802 g/mol. The van der Waals surface area contributed by atoms with Gasteiger partial charge in [-0.3, -0.25) is 9.59 Å². The van der Waals surface area contributed by atoms with E-state index in [1.165, 1.54) is 0 Å². The molecule has 0 aliphatic rings. The molecule has 0 aliphatic carbocycles. The van der Waals surface area contributed by atoms with E-state index in [9.17, 15) is 19.8 Å². The Morgan fingerprint density at radius 3 is 1.14 bits per heavy atom. The quantitative estimate of drug-likeness (QED) is 0.0794. The van der Waals surface area contributed by atoms with Gasteiger partial charge in [-0.15, -0.1) is 23.2 Å². The molecule has 0 rings (SSSR count). The lowest BCUT2D eigenvalue weighted by atomic mass is 9.71. The zero-order chi connectivity index (χ0) is 32.8. The van der Waals surface area contributed by atoms with Crippen molar-refractivity contribution < 1.29 is 19.8 Å². The van der Waals surface area contributed by atoms with E-state index in [1.807, 2.05) is 0 Å². The maximum atomic E-state index is 13.0. The van der Waals surface area contributed by atoms with E-state index in [-0.39, 0.29) is 32.1 Å². The monoisotopic (exact) mass is 834 g/mol. The van der Waals surface area contributed by atoms with Gasteiger partial charge in [0.1, 0.15) is 5.41 Å². The SMILES string of the molecule is O=C(O)CCCC(C(=O)O)(C(Cl)(Cl)C(Cl)CCCCCCCC(Cl)(Cl)Cl)C(Cl)(Cl)C(Cl)CCCCCCCC(Cl)(Cl)Cl. The molecule has 16 heteroatoms. The molecule has 0 heterocycles. The predicted octanol–water partition coefficient (Wildman–Crippen LogP) is 13.1. The Hall–Kier alpha value is 2.42. The highest BCUT2D eigenvalue weighted by atomic mass is 35.6. The number of hydrogen-bond donors (Lipinski definition) is 2. The summed E-state index contributed by atoms with van der Waals surface area (Å²) in [6, 6.07) is 0. The molecule has 2 atom stereocenters. The van der Waals surface area contributed by atoms with Crippen LogP contribution in [0.2, 0.25) is 0 Å². The van der Waals surface area contributed by atoms with Crippen molar-refractivity contribution in [2.24, 2.45) is 5.41 Å². The van der Waals surface area contributed by atoms with Crippen LogP contribution < -0.4 is 0 Å². The van der Waals surface area contributed by atoms with Crippen molar-refractivity contribution in [2.45, 2.75) is 136 Å². The van der Waals surface area contributed by atoms with Crippen LogP contribution in [-0.4, -0.2) is 49.2 Å². The van der Waals surface area contributed by atoms with E-state index in [2.05, 4.69) is 0 Å². The van der Waals surface area contributed by atoms with Gasteiger partial charge in [-0.25, -0.2) is 0 Å². The van der Waals surface area contributed by atoms with Gasteiger partial charge >= 0.3 is 11.9 Å². The summed E-state index contributed by atoms with van der Waals surface area (Å²) in [6.45, 7) is 0. The number of carbonyl (C=O) groups is 2. The summed E-state index contributed by atoms with van der Waals surface area (Å²) in [5.74, 6) is -2.65. The number of unbranched alkanes of at least 4 members (excludes halogenated alkanes) is 8. The third-order valence-electron chi connectivity index (χ3n) is 7.07. The summed E-state index contributed by atoms with van der Waals surface area (Å²) in [5.41, 5.74) is -2.30. The molecule has 0 aromatic rings. The van der Waals surface area contributed by atoms with E-state index in [1.54, 1.807) is 0 Å². The minimum atomic E-state index is -2.30. The average molecular weight is 840 g/mol. The van der Waals surface area contributed by atoms with Crippen molar-refractivity contribution in [3.05, 3.63) is 0 Å². The normalized spacial score (nSPS) is 16.2. The fourth-order valence-corrected chi connectivity index (χ4v) is 8.12. The molecule has 42 heavy (non-hydrogen) atoms. The van der Waals surface area contributed by atoms with Crippen LogP contribution in [0.5, 0.6) is 0 Å². The van der Waals surface area contributed by atoms with E-state index in [0.717, 1.165) is 51.4 Å². The summed E-state index contributed by atoms with van der Waals surface area (Å²) in [5, 5.41) is 17.6. The van der Waals surface area contributed by atoms with Gasteiger partial charge in [-0.1, -0.05) is 167 Å². The fourth-order valence-electron chi connectivity index (χ4n) is 4.71. The molecule has 0 aliphatic heterocycles. The molecule has 0 aromatic carbocycles. The molecule has 0 fully saturated rings. The maximum absolute atomic E-state index is 13.0. The molecule has 0 saturated heterocycles. The highest BCUT2D eigenvalue weighted by molar-refractivity contribution is 6.68. The van der Waals surface area contributed by atoms with Crippen LogP contribution in [0.4, 0.5) is 0 Å². The molecule has 0 aromatic heterocycles. The van der Waals surface area contributed by atoms with Crippen LogP contribution in [0.3, 0.4) is 0 Å². The molecule has 0 amide bonds. The topological polar surface area (TPSA) is 74.6 Å². The lowest BCUT2D eigenvalue weighted by Crippen LogP contribution is -2.63. The van der Waals surface area contributed by atoms with Crippen molar-refractivity contribution in [3.63, 3.8) is 0 Å². The van der Waals surface area contributed by atoms with Gasteiger partial charge in [0.05, 0.1) is 10.8 Å². The number of halogens is 12. The Balaban J connectivity index is 5.57. The van der Waals surface area contributed by atoms with Crippen LogP contribution >= 0.6 is 139 Å². The highest BCUT2D eigenvalue weighted by Gasteiger charge is 2.70. The number of carboxylic acids is 2. The first kappa shape index (κ1) is 44.4. The maximum Gasteiger partial charge on any atom is 0.315 e. The molecule has 4 nitrogen and oxygen atoms in total. The molecule has 0 radical (unpaired) electrons. The molecule has 0 spiro atoms. The Bertz CT molecular complexity index is 753. The second-order valence-corrected chi connectivity index (χ2v) is 19.3. The minimum Gasteiger partial charge on any atom is -0.481 e. The third kappa shape index (κ3) is 16.0. The second-order valence-electron chi connectivity index (χ2n) is 10.5. The van der Waals surface area contributed by atoms with Crippen LogP contribution in [0.15, 0.2) is 0 Å². The molecule has 250 valence electrons. The first-order chi connectivity index (χ1) is 19.1. The number of aliphatic carboxylic acids is 2. The first-order valence-corrected chi connectivity index (χ1v) is 18.4. The van der Waals surface area contributed by atoms with Gasteiger partial charge in [0.25, 0.3) is 0 Å². The van der Waals surface area contributed by atoms with Crippen LogP contribution in [-0.2, 0) is 9.59 Å². The molecule has 2 N–H and O–H groups in total. The molecular formula is C26H38Cl12O4. The smallest absolute Gasteiger partial charge is 0.315 e. The summed E-state index contributed by atoms with van der Waals surface area (Å²) >= 11 is 75.3. The number of hydrogen-bond acceptors (Lipinski definition) is 2. The van der Waals surface area contributed by atoms with Gasteiger partial charge < -0.3 is 10.2 Å². The summed E-state index contributed by atoms with van der Waals surface area (Å²) in [7, 11) is 0. The van der Waals surface area contributed by atoms with Crippen molar-refractivity contribution >= 4 is 151 Å². The van der Waals surface area contributed by atoms with Gasteiger partial charge in [0.15, 0.2) is 16.3 Å². The highest BCUT2D eigenvalue weighted by Crippen LogP contribution is 2.62. The lowest BCUT2D eigenvalue weighted by Gasteiger charge is -2.50. The predicted molar refractivity (Wildman–Crippen MR) is 185 cm³/mol. The Kier molecular flexibility index (Phi) is 21.9. The molecule has 2 unspecified atom stereocenters. The zero-order valence-corrected chi connectivity index (χ0v) is 32.0. The van der Waals surface area contributed by atoms with E-state index in [4.69, 9.17) is 139 Å². The Labute approximate surface area is 309 Å². The fraction of sp³-hybridized carbons (Fsp3) is 0.923. The standard InChI is InChI=1S/C26H38Cl12O4/c27-18(12-7-3-1-5-9-16-23(29,30)31)25(35,36)22(21(41)42,15-11-14-20(39)40)26(37,38)19(28)13-8-4-2-6-10-17-24(32,33)34/h18-19H,1-17H2,(H,39,40)(H,41,42). The average Bonchev–Trinajstić information content (AvgIpc) is 2.82.